The first kappa shape index (κ1) is 22.7. The summed E-state index contributed by atoms with van der Waals surface area (Å²) >= 11 is 5.88. The van der Waals surface area contributed by atoms with Gasteiger partial charge in [0, 0.05) is 48.6 Å². The summed E-state index contributed by atoms with van der Waals surface area (Å²) in [4.78, 5) is 25.7. The van der Waals surface area contributed by atoms with Crippen molar-refractivity contribution in [1.29, 1.82) is 0 Å². The van der Waals surface area contributed by atoms with Crippen molar-refractivity contribution in [3.63, 3.8) is 0 Å². The smallest absolute Gasteiger partial charge is 0.260 e. The topological polar surface area (TPSA) is 79.8 Å². The molecule has 1 fully saturated rings. The molecule has 1 aliphatic heterocycles. The number of benzene rings is 2. The van der Waals surface area contributed by atoms with Crippen LogP contribution in [0.25, 0.3) is 0 Å². The highest BCUT2D eigenvalue weighted by molar-refractivity contribution is 6.30. The average molecular weight is 468 g/mol. The number of carbonyl (C=O) groups excluding carboxylic acids is 1. The van der Waals surface area contributed by atoms with Crippen LogP contribution in [0.5, 0.6) is 11.5 Å². The van der Waals surface area contributed by atoms with Gasteiger partial charge in [0.1, 0.15) is 17.3 Å². The number of aryl methyl sites for hydroxylation is 1. The lowest BCUT2D eigenvalue weighted by molar-refractivity contribution is -0.133. The van der Waals surface area contributed by atoms with Crippen LogP contribution in [0.3, 0.4) is 0 Å². The maximum atomic E-state index is 12.5. The maximum absolute atomic E-state index is 12.5. The number of hydrogen-bond acceptors (Lipinski definition) is 7. The normalized spacial score (nSPS) is 13.5. The van der Waals surface area contributed by atoms with E-state index in [1.54, 1.807) is 36.3 Å². The Labute approximate surface area is 198 Å². The minimum atomic E-state index is -0.0448. The van der Waals surface area contributed by atoms with Gasteiger partial charge >= 0.3 is 0 Å². The van der Waals surface area contributed by atoms with Gasteiger partial charge in [0.15, 0.2) is 6.61 Å². The summed E-state index contributed by atoms with van der Waals surface area (Å²) in [5, 5.41) is 3.95. The second-order valence-electron chi connectivity index (χ2n) is 7.66. The Morgan fingerprint density at radius 2 is 1.67 bits per heavy atom. The van der Waals surface area contributed by atoms with Gasteiger partial charge in [0.25, 0.3) is 5.91 Å². The van der Waals surface area contributed by atoms with Crippen LogP contribution in [0.2, 0.25) is 5.02 Å². The Morgan fingerprint density at radius 1 is 1.00 bits per heavy atom. The lowest BCUT2D eigenvalue weighted by Crippen LogP contribution is -2.50. The molecule has 0 bridgehead atoms. The van der Waals surface area contributed by atoms with Crippen LogP contribution in [0.1, 0.15) is 5.69 Å². The van der Waals surface area contributed by atoms with Crippen molar-refractivity contribution >= 4 is 35.0 Å². The third-order valence-corrected chi connectivity index (χ3v) is 5.55. The molecule has 1 aromatic heterocycles. The Bertz CT molecular complexity index is 1080. The Hall–Kier alpha value is -3.52. The molecule has 4 rings (SSSR count). The standard InChI is InChI=1S/C24H26ClN5O3/c1-17-15-22(27-19-5-9-20(32-2)10-6-19)28-24(26-17)30-13-11-29(12-14-30)23(31)16-33-21-7-3-18(25)4-8-21/h3-10,15H,11-14,16H2,1-2H3,(H,26,27,28). The number of halogens is 1. The number of nitrogens with one attached hydrogen (secondary N) is 1. The second-order valence-corrected chi connectivity index (χ2v) is 8.09. The first-order chi connectivity index (χ1) is 16.0. The van der Waals surface area contributed by atoms with Gasteiger partial charge in [-0.05, 0) is 55.5 Å². The number of carbonyl (C=O) groups is 1. The van der Waals surface area contributed by atoms with Gasteiger partial charge in [-0.2, -0.15) is 4.98 Å². The van der Waals surface area contributed by atoms with Gasteiger partial charge in [-0.25, -0.2) is 4.98 Å². The molecule has 0 aliphatic carbocycles. The zero-order chi connectivity index (χ0) is 23.2. The van der Waals surface area contributed by atoms with Crippen LogP contribution >= 0.6 is 11.6 Å². The molecule has 1 saturated heterocycles. The molecule has 0 radical (unpaired) electrons. The van der Waals surface area contributed by atoms with Crippen molar-refractivity contribution in [3.05, 3.63) is 65.3 Å². The fraction of sp³-hybridized carbons (Fsp3) is 0.292. The molecular formula is C24H26ClN5O3. The lowest BCUT2D eigenvalue weighted by Gasteiger charge is -2.34. The molecule has 0 saturated carbocycles. The van der Waals surface area contributed by atoms with E-state index in [0.29, 0.717) is 42.9 Å². The molecule has 3 aromatic rings. The summed E-state index contributed by atoms with van der Waals surface area (Å²) in [6, 6.07) is 16.5. The molecule has 1 amide bonds. The zero-order valence-corrected chi connectivity index (χ0v) is 19.4. The van der Waals surface area contributed by atoms with Crippen LogP contribution < -0.4 is 19.7 Å². The van der Waals surface area contributed by atoms with E-state index < -0.39 is 0 Å². The summed E-state index contributed by atoms with van der Waals surface area (Å²) in [5.74, 6) is 2.74. The zero-order valence-electron chi connectivity index (χ0n) is 18.6. The van der Waals surface area contributed by atoms with Crippen molar-refractivity contribution in [2.24, 2.45) is 0 Å². The number of piperazine rings is 1. The van der Waals surface area contributed by atoms with Gasteiger partial charge in [-0.3, -0.25) is 4.79 Å². The van der Waals surface area contributed by atoms with E-state index in [4.69, 9.17) is 21.1 Å². The summed E-state index contributed by atoms with van der Waals surface area (Å²) < 4.78 is 10.8. The van der Waals surface area contributed by atoms with Gasteiger partial charge in [0.05, 0.1) is 7.11 Å². The summed E-state index contributed by atoms with van der Waals surface area (Å²) in [7, 11) is 1.64. The predicted molar refractivity (Wildman–Crippen MR) is 129 cm³/mol. The molecule has 8 nitrogen and oxygen atoms in total. The first-order valence-electron chi connectivity index (χ1n) is 10.7. The van der Waals surface area contributed by atoms with Crippen molar-refractivity contribution in [3.8, 4) is 11.5 Å². The van der Waals surface area contributed by atoms with Crippen LogP contribution in [0.4, 0.5) is 17.5 Å². The van der Waals surface area contributed by atoms with E-state index in [1.807, 2.05) is 37.3 Å². The molecular weight excluding hydrogens is 442 g/mol. The van der Waals surface area contributed by atoms with Crippen molar-refractivity contribution < 1.29 is 14.3 Å². The van der Waals surface area contributed by atoms with Crippen molar-refractivity contribution in [1.82, 2.24) is 14.9 Å². The summed E-state index contributed by atoms with van der Waals surface area (Å²) in [6.45, 7) is 4.41. The van der Waals surface area contributed by atoms with Crippen LogP contribution in [0, 0.1) is 6.92 Å². The molecule has 0 spiro atoms. The van der Waals surface area contributed by atoms with E-state index in [-0.39, 0.29) is 12.5 Å². The highest BCUT2D eigenvalue weighted by Crippen LogP contribution is 2.22. The minimum absolute atomic E-state index is 0.00148. The fourth-order valence-electron chi connectivity index (χ4n) is 3.50. The molecule has 33 heavy (non-hydrogen) atoms. The minimum Gasteiger partial charge on any atom is -0.497 e. The Morgan fingerprint density at radius 3 is 2.33 bits per heavy atom. The largest absolute Gasteiger partial charge is 0.497 e. The number of methoxy groups -OCH3 is 1. The van der Waals surface area contributed by atoms with Crippen LogP contribution in [0.15, 0.2) is 54.6 Å². The number of hydrogen-bond donors (Lipinski definition) is 1. The van der Waals surface area contributed by atoms with Crippen molar-refractivity contribution in [2.75, 3.05) is 50.1 Å². The van der Waals surface area contributed by atoms with E-state index >= 15 is 0 Å². The lowest BCUT2D eigenvalue weighted by atomic mass is 10.3. The molecule has 2 heterocycles. The number of anilines is 3. The predicted octanol–water partition coefficient (Wildman–Crippen LogP) is 3.92. The van der Waals surface area contributed by atoms with E-state index in [2.05, 4.69) is 20.2 Å². The first-order valence-corrected chi connectivity index (χ1v) is 11.1. The number of ether oxygens (including phenoxy) is 2. The van der Waals surface area contributed by atoms with Crippen LogP contribution in [-0.4, -0.2) is 60.7 Å². The summed E-state index contributed by atoms with van der Waals surface area (Å²) in [5.41, 5.74) is 1.78. The van der Waals surface area contributed by atoms with Gasteiger partial charge in [0.2, 0.25) is 5.95 Å². The molecule has 2 aromatic carbocycles. The molecule has 172 valence electrons. The number of amides is 1. The van der Waals surface area contributed by atoms with Gasteiger partial charge in [-0.15, -0.1) is 0 Å². The third kappa shape index (κ3) is 6.04. The Balaban J connectivity index is 1.33. The monoisotopic (exact) mass is 467 g/mol. The molecule has 9 heteroatoms. The van der Waals surface area contributed by atoms with Gasteiger partial charge in [-0.1, -0.05) is 11.6 Å². The highest BCUT2D eigenvalue weighted by Gasteiger charge is 2.23. The molecule has 0 atom stereocenters. The highest BCUT2D eigenvalue weighted by atomic mass is 35.5. The second kappa shape index (κ2) is 10.4. The van der Waals surface area contributed by atoms with E-state index in [1.165, 1.54) is 0 Å². The maximum Gasteiger partial charge on any atom is 0.260 e. The summed E-state index contributed by atoms with van der Waals surface area (Å²) in [6.07, 6.45) is 0. The number of nitrogens with zero attached hydrogens (tertiary/aromatic N) is 4. The molecule has 0 unspecified atom stereocenters. The number of aromatic nitrogens is 2. The Kier molecular flexibility index (Phi) is 7.14. The van der Waals surface area contributed by atoms with Crippen molar-refractivity contribution in [2.45, 2.75) is 6.92 Å². The van der Waals surface area contributed by atoms with Gasteiger partial charge < -0.3 is 24.6 Å². The van der Waals surface area contributed by atoms with E-state index in [9.17, 15) is 4.79 Å². The van der Waals surface area contributed by atoms with E-state index in [0.717, 1.165) is 22.9 Å². The average Bonchev–Trinajstić information content (AvgIpc) is 2.84. The third-order valence-electron chi connectivity index (χ3n) is 5.30. The number of rotatable bonds is 7. The SMILES string of the molecule is COc1ccc(Nc2cc(C)nc(N3CCN(C(=O)COc4ccc(Cl)cc4)CC3)n2)cc1. The van der Waals surface area contributed by atoms with Crippen LogP contribution in [-0.2, 0) is 4.79 Å². The quantitative estimate of drug-likeness (QED) is 0.564. The fourth-order valence-corrected chi connectivity index (χ4v) is 3.63. The molecule has 1 N–H and O–H groups in total. The molecule has 1 aliphatic rings.